The van der Waals surface area contributed by atoms with Crippen LogP contribution in [0.3, 0.4) is 0 Å². The number of carbonyl (C=O) groups is 1. The number of nitrogens with zero attached hydrogens (tertiary/aromatic N) is 1. The Labute approximate surface area is 129 Å². The minimum Gasteiger partial charge on any atom is -0.497 e. The molecule has 0 heterocycles. The number of amidine groups is 1. The highest BCUT2D eigenvalue weighted by Gasteiger charge is 2.09. The van der Waals surface area contributed by atoms with Crippen LogP contribution in [0.15, 0.2) is 17.1 Å². The van der Waals surface area contributed by atoms with Crippen molar-refractivity contribution in [1.29, 1.82) is 0 Å². The van der Waals surface area contributed by atoms with Gasteiger partial charge in [0, 0.05) is 0 Å². The third kappa shape index (κ3) is 5.30. The van der Waals surface area contributed by atoms with Gasteiger partial charge in [-0.05, 0) is 48.9 Å². The van der Waals surface area contributed by atoms with E-state index < -0.39 is 0 Å². The van der Waals surface area contributed by atoms with Gasteiger partial charge in [-0.15, -0.1) is 0 Å². The van der Waals surface area contributed by atoms with Gasteiger partial charge in [-0.2, -0.15) is 0 Å². The number of hydrogen-bond acceptors (Lipinski definition) is 5. The normalized spacial score (nSPS) is 11.6. The number of carbonyl (C=O) groups excluding carboxylic acids is 1. The van der Waals surface area contributed by atoms with Gasteiger partial charge in [-0.1, -0.05) is 13.8 Å². The maximum absolute atomic E-state index is 11.3. The minimum atomic E-state index is -0.243. The van der Waals surface area contributed by atoms with E-state index >= 15 is 0 Å². The second-order valence-corrected chi connectivity index (χ2v) is 5.88. The van der Waals surface area contributed by atoms with E-state index in [2.05, 4.69) is 4.99 Å². The van der Waals surface area contributed by atoms with Crippen molar-refractivity contribution in [2.75, 3.05) is 13.0 Å². The van der Waals surface area contributed by atoms with Crippen LogP contribution in [0.2, 0.25) is 0 Å². The maximum Gasteiger partial charge on any atom is 0.309 e. The molecule has 0 aliphatic rings. The molecule has 0 fully saturated rings. The van der Waals surface area contributed by atoms with Gasteiger partial charge in [0.15, 0.2) is 5.17 Å². The first-order valence-corrected chi connectivity index (χ1v) is 7.62. The second kappa shape index (κ2) is 7.93. The van der Waals surface area contributed by atoms with E-state index in [9.17, 15) is 4.79 Å². The summed E-state index contributed by atoms with van der Waals surface area (Å²) in [5.41, 5.74) is 8.64. The summed E-state index contributed by atoms with van der Waals surface area (Å²) in [6, 6.07) is 3.81. The summed E-state index contributed by atoms with van der Waals surface area (Å²) in [5.74, 6) is 0.573. The van der Waals surface area contributed by atoms with E-state index in [0.717, 1.165) is 22.6 Å². The van der Waals surface area contributed by atoms with Crippen molar-refractivity contribution in [2.45, 2.75) is 27.7 Å². The first-order valence-electron chi connectivity index (χ1n) is 6.64. The van der Waals surface area contributed by atoms with Crippen molar-refractivity contribution in [3.8, 4) is 5.75 Å². The molecule has 0 bridgehead atoms. The molecular weight excluding hydrogens is 288 g/mol. The summed E-state index contributed by atoms with van der Waals surface area (Å²) < 4.78 is 10.3. The molecule has 0 radical (unpaired) electrons. The average molecular weight is 310 g/mol. The fourth-order valence-corrected chi connectivity index (χ4v) is 2.12. The summed E-state index contributed by atoms with van der Waals surface area (Å²) in [6.45, 7) is 7.47. The zero-order valence-electron chi connectivity index (χ0n) is 13.1. The lowest BCUT2D eigenvalue weighted by Crippen LogP contribution is -2.14. The van der Waals surface area contributed by atoms with Crippen LogP contribution in [0.25, 0.3) is 0 Å². The highest BCUT2D eigenvalue weighted by atomic mass is 32.2. The van der Waals surface area contributed by atoms with Crippen molar-refractivity contribution in [3.05, 3.63) is 23.3 Å². The standard InChI is InChI=1S/C15H22N2O3S/c1-9(2)14(18)20-8-21-15(16)17-13-10(3)6-12(19-5)7-11(13)4/h6-7,9H,8H2,1-5H3,(H2,16,17). The van der Waals surface area contributed by atoms with Crippen molar-refractivity contribution in [3.63, 3.8) is 0 Å². The van der Waals surface area contributed by atoms with Crippen LogP contribution < -0.4 is 10.5 Å². The monoisotopic (exact) mass is 310 g/mol. The molecule has 116 valence electrons. The molecule has 0 saturated heterocycles. The number of methoxy groups -OCH3 is 1. The Morgan fingerprint density at radius 2 is 1.90 bits per heavy atom. The number of nitrogens with two attached hydrogens (primary N) is 1. The summed E-state index contributed by atoms with van der Waals surface area (Å²) in [6.07, 6.45) is 0. The number of benzene rings is 1. The predicted octanol–water partition coefficient (Wildman–Crippen LogP) is 3.15. The molecule has 0 aromatic heterocycles. The van der Waals surface area contributed by atoms with Gasteiger partial charge < -0.3 is 15.2 Å². The molecule has 0 amide bonds. The van der Waals surface area contributed by atoms with Gasteiger partial charge >= 0.3 is 5.97 Å². The Morgan fingerprint density at radius 1 is 1.33 bits per heavy atom. The largest absolute Gasteiger partial charge is 0.497 e. The molecule has 5 nitrogen and oxygen atoms in total. The summed E-state index contributed by atoms with van der Waals surface area (Å²) in [5, 5.41) is 0.364. The summed E-state index contributed by atoms with van der Waals surface area (Å²) in [4.78, 5) is 15.7. The van der Waals surface area contributed by atoms with Crippen LogP contribution in [0.1, 0.15) is 25.0 Å². The Kier molecular flexibility index (Phi) is 6.55. The molecule has 1 aromatic rings. The van der Waals surface area contributed by atoms with Gasteiger partial charge in [0.25, 0.3) is 0 Å². The SMILES string of the molecule is COc1cc(C)c(N=C(N)SCOC(=O)C(C)C)c(C)c1. The number of aliphatic imine (C=N–C) groups is 1. The van der Waals surface area contributed by atoms with Crippen molar-refractivity contribution >= 4 is 28.6 Å². The molecule has 0 atom stereocenters. The number of thioether (sulfide) groups is 1. The fourth-order valence-electron chi connectivity index (χ4n) is 1.67. The molecule has 0 unspecified atom stereocenters. The van der Waals surface area contributed by atoms with E-state index in [1.807, 2.05) is 26.0 Å². The number of rotatable bonds is 5. The van der Waals surface area contributed by atoms with Crippen LogP contribution in [0.5, 0.6) is 5.75 Å². The molecule has 6 heteroatoms. The Morgan fingerprint density at radius 3 is 2.38 bits per heavy atom. The smallest absolute Gasteiger partial charge is 0.309 e. The lowest BCUT2D eigenvalue weighted by atomic mass is 10.1. The first-order chi connectivity index (χ1) is 9.85. The van der Waals surface area contributed by atoms with E-state index in [-0.39, 0.29) is 17.8 Å². The highest BCUT2D eigenvalue weighted by Crippen LogP contribution is 2.29. The zero-order chi connectivity index (χ0) is 16.0. The molecule has 1 aromatic carbocycles. The second-order valence-electron chi connectivity index (χ2n) is 4.94. The number of aryl methyl sites for hydroxylation is 2. The molecule has 0 saturated carbocycles. The van der Waals surface area contributed by atoms with Gasteiger partial charge in [0.1, 0.15) is 11.7 Å². The molecule has 0 spiro atoms. The van der Waals surface area contributed by atoms with E-state index in [1.54, 1.807) is 21.0 Å². The van der Waals surface area contributed by atoms with Gasteiger partial charge in [0.2, 0.25) is 0 Å². The minimum absolute atomic E-state index is 0.144. The van der Waals surface area contributed by atoms with E-state index in [4.69, 9.17) is 15.2 Å². The van der Waals surface area contributed by atoms with Crippen LogP contribution in [0, 0.1) is 19.8 Å². The van der Waals surface area contributed by atoms with Crippen LogP contribution >= 0.6 is 11.8 Å². The summed E-state index contributed by atoms with van der Waals surface area (Å²) >= 11 is 1.20. The Bertz CT molecular complexity index is 519. The quantitative estimate of drug-likeness (QED) is 0.391. The summed E-state index contributed by atoms with van der Waals surface area (Å²) in [7, 11) is 1.63. The van der Waals surface area contributed by atoms with Crippen molar-refractivity contribution in [1.82, 2.24) is 0 Å². The van der Waals surface area contributed by atoms with E-state index in [1.165, 1.54) is 11.8 Å². The van der Waals surface area contributed by atoms with Crippen LogP contribution in [0.4, 0.5) is 5.69 Å². The predicted molar refractivity (Wildman–Crippen MR) is 87.1 cm³/mol. The molecular formula is C15H22N2O3S. The zero-order valence-corrected chi connectivity index (χ0v) is 13.9. The first kappa shape index (κ1) is 17.4. The van der Waals surface area contributed by atoms with Gasteiger partial charge in [0.05, 0.1) is 18.7 Å². The molecule has 0 aliphatic carbocycles. The maximum atomic E-state index is 11.3. The topological polar surface area (TPSA) is 73.9 Å². The average Bonchev–Trinajstić information content (AvgIpc) is 2.42. The lowest BCUT2D eigenvalue weighted by molar-refractivity contribution is -0.144. The van der Waals surface area contributed by atoms with Crippen molar-refractivity contribution < 1.29 is 14.3 Å². The number of esters is 1. The fraction of sp³-hybridized carbons (Fsp3) is 0.467. The number of hydrogen-bond donors (Lipinski definition) is 1. The molecule has 0 aliphatic heterocycles. The molecule has 21 heavy (non-hydrogen) atoms. The van der Waals surface area contributed by atoms with Crippen LogP contribution in [-0.2, 0) is 9.53 Å². The van der Waals surface area contributed by atoms with Gasteiger partial charge in [-0.3, -0.25) is 4.79 Å². The third-order valence-electron chi connectivity index (χ3n) is 2.80. The number of ether oxygens (including phenoxy) is 2. The molecule has 2 N–H and O–H groups in total. The lowest BCUT2D eigenvalue weighted by Gasteiger charge is -2.10. The van der Waals surface area contributed by atoms with Crippen LogP contribution in [-0.4, -0.2) is 24.2 Å². The third-order valence-corrected chi connectivity index (χ3v) is 3.42. The highest BCUT2D eigenvalue weighted by molar-refractivity contribution is 8.13. The van der Waals surface area contributed by atoms with Gasteiger partial charge in [-0.25, -0.2) is 4.99 Å². The Hall–Kier alpha value is -1.69. The Balaban J connectivity index is 2.72. The van der Waals surface area contributed by atoms with Crippen molar-refractivity contribution in [2.24, 2.45) is 16.6 Å². The molecule has 1 rings (SSSR count). The van der Waals surface area contributed by atoms with E-state index in [0.29, 0.717) is 5.17 Å².